The number of nitrogens with zero attached hydrogens (tertiary/aromatic N) is 2. The number of halogens is 1. The SMILES string of the molecule is CCOC(=O)C1(Cc2cc(-c3ccccc3F)no2)CCN(CC2CCOC2)CC1. The van der Waals surface area contributed by atoms with Gasteiger partial charge in [0.05, 0.1) is 18.6 Å². The number of carbonyl (C=O) groups excluding carboxylic acids is 1. The van der Waals surface area contributed by atoms with E-state index in [0.29, 0.717) is 48.8 Å². The zero-order valence-corrected chi connectivity index (χ0v) is 17.4. The Morgan fingerprint density at radius 1 is 1.33 bits per heavy atom. The summed E-state index contributed by atoms with van der Waals surface area (Å²) in [7, 11) is 0. The molecule has 2 aromatic rings. The number of aromatic nitrogens is 1. The summed E-state index contributed by atoms with van der Waals surface area (Å²) in [6.45, 7) is 6.54. The standard InChI is InChI=1S/C23H29FN2O4/c1-2-29-22(27)23(8-10-26(11-9-23)15-17-7-12-28-16-17)14-18-13-21(25-30-18)19-5-3-4-6-20(19)24/h3-6,13,17H,2,7-12,14-16H2,1H3. The lowest BCUT2D eigenvalue weighted by Gasteiger charge is -2.40. The molecule has 1 unspecified atom stereocenters. The highest BCUT2D eigenvalue weighted by molar-refractivity contribution is 5.77. The quantitative estimate of drug-likeness (QED) is 0.641. The van der Waals surface area contributed by atoms with Crippen LogP contribution in [-0.2, 0) is 20.7 Å². The van der Waals surface area contributed by atoms with Gasteiger partial charge in [-0.25, -0.2) is 4.39 Å². The Bertz CT molecular complexity index is 854. The van der Waals surface area contributed by atoms with E-state index in [1.54, 1.807) is 24.3 Å². The molecule has 4 rings (SSSR count). The van der Waals surface area contributed by atoms with Gasteiger partial charge in [-0.15, -0.1) is 0 Å². The normalized spacial score (nSPS) is 21.6. The second kappa shape index (κ2) is 9.27. The predicted octanol–water partition coefficient (Wildman–Crippen LogP) is 3.71. The van der Waals surface area contributed by atoms with Crippen molar-refractivity contribution in [1.82, 2.24) is 10.1 Å². The molecule has 0 spiro atoms. The van der Waals surface area contributed by atoms with Crippen molar-refractivity contribution in [2.24, 2.45) is 11.3 Å². The van der Waals surface area contributed by atoms with E-state index in [-0.39, 0.29) is 11.8 Å². The van der Waals surface area contributed by atoms with Crippen LogP contribution in [0.2, 0.25) is 0 Å². The fourth-order valence-electron chi connectivity index (χ4n) is 4.52. The minimum atomic E-state index is -0.634. The number of piperidine rings is 1. The van der Waals surface area contributed by atoms with Gasteiger partial charge in [0.25, 0.3) is 0 Å². The Morgan fingerprint density at radius 2 is 2.13 bits per heavy atom. The Kier molecular flexibility index (Phi) is 6.49. The highest BCUT2D eigenvalue weighted by Crippen LogP contribution is 2.38. The molecule has 2 aliphatic heterocycles. The third-order valence-electron chi connectivity index (χ3n) is 6.28. The molecule has 0 saturated carbocycles. The summed E-state index contributed by atoms with van der Waals surface area (Å²) in [6, 6.07) is 8.21. The summed E-state index contributed by atoms with van der Waals surface area (Å²) in [5.41, 5.74) is 0.206. The highest BCUT2D eigenvalue weighted by Gasteiger charge is 2.44. The van der Waals surface area contributed by atoms with Crippen LogP contribution >= 0.6 is 0 Å². The van der Waals surface area contributed by atoms with Crippen molar-refractivity contribution in [3.63, 3.8) is 0 Å². The fraction of sp³-hybridized carbons (Fsp3) is 0.565. The minimum absolute atomic E-state index is 0.183. The van der Waals surface area contributed by atoms with Crippen molar-refractivity contribution in [2.75, 3.05) is 39.5 Å². The van der Waals surface area contributed by atoms with Crippen molar-refractivity contribution in [3.8, 4) is 11.3 Å². The van der Waals surface area contributed by atoms with E-state index in [2.05, 4.69) is 10.1 Å². The van der Waals surface area contributed by atoms with Gasteiger partial charge in [-0.3, -0.25) is 4.79 Å². The average Bonchev–Trinajstić information content (AvgIpc) is 3.42. The van der Waals surface area contributed by atoms with Gasteiger partial charge in [0.2, 0.25) is 0 Å². The van der Waals surface area contributed by atoms with Gasteiger partial charge < -0.3 is 18.9 Å². The molecular formula is C23H29FN2O4. The van der Waals surface area contributed by atoms with E-state index in [1.807, 2.05) is 6.92 Å². The molecule has 2 saturated heterocycles. The second-order valence-electron chi connectivity index (χ2n) is 8.37. The van der Waals surface area contributed by atoms with Gasteiger partial charge >= 0.3 is 5.97 Å². The first-order chi connectivity index (χ1) is 14.6. The third-order valence-corrected chi connectivity index (χ3v) is 6.28. The molecule has 0 amide bonds. The molecule has 1 aromatic heterocycles. The van der Waals surface area contributed by atoms with Crippen molar-refractivity contribution in [2.45, 2.75) is 32.6 Å². The van der Waals surface area contributed by atoms with Crippen molar-refractivity contribution in [3.05, 3.63) is 41.9 Å². The Balaban J connectivity index is 1.47. The number of esters is 1. The summed E-state index contributed by atoms with van der Waals surface area (Å²) < 4.78 is 30.5. The molecule has 1 aromatic carbocycles. The van der Waals surface area contributed by atoms with Crippen LogP contribution in [0.4, 0.5) is 4.39 Å². The molecule has 0 radical (unpaired) electrons. The van der Waals surface area contributed by atoms with E-state index in [0.717, 1.165) is 39.3 Å². The van der Waals surface area contributed by atoms with E-state index in [1.165, 1.54) is 6.07 Å². The lowest BCUT2D eigenvalue weighted by atomic mass is 9.74. The topological polar surface area (TPSA) is 64.8 Å². The Morgan fingerprint density at radius 3 is 2.83 bits per heavy atom. The molecule has 2 fully saturated rings. The third kappa shape index (κ3) is 4.57. The van der Waals surface area contributed by atoms with Crippen LogP contribution in [0.25, 0.3) is 11.3 Å². The van der Waals surface area contributed by atoms with Gasteiger partial charge in [0, 0.05) is 31.2 Å². The van der Waals surface area contributed by atoms with Gasteiger partial charge in [0.15, 0.2) is 0 Å². The fourth-order valence-corrected chi connectivity index (χ4v) is 4.52. The Hall–Kier alpha value is -2.25. The molecule has 30 heavy (non-hydrogen) atoms. The van der Waals surface area contributed by atoms with Crippen molar-refractivity contribution in [1.29, 1.82) is 0 Å². The number of hydrogen-bond donors (Lipinski definition) is 0. The zero-order chi connectivity index (χ0) is 21.0. The molecule has 6 nitrogen and oxygen atoms in total. The number of rotatable bonds is 7. The van der Waals surface area contributed by atoms with Crippen LogP contribution < -0.4 is 0 Å². The molecule has 162 valence electrons. The van der Waals surface area contributed by atoms with E-state index in [4.69, 9.17) is 14.0 Å². The molecule has 1 atom stereocenters. The summed E-state index contributed by atoms with van der Waals surface area (Å²) in [5.74, 6) is 0.635. The number of hydrogen-bond acceptors (Lipinski definition) is 6. The molecule has 2 aliphatic rings. The summed E-state index contributed by atoms with van der Waals surface area (Å²) in [4.78, 5) is 15.3. The second-order valence-corrected chi connectivity index (χ2v) is 8.37. The predicted molar refractivity (Wildman–Crippen MR) is 109 cm³/mol. The molecular weight excluding hydrogens is 387 g/mol. The molecule has 0 bridgehead atoms. The van der Waals surface area contributed by atoms with Crippen LogP contribution in [-0.4, -0.2) is 55.5 Å². The summed E-state index contributed by atoms with van der Waals surface area (Å²) >= 11 is 0. The first kappa shape index (κ1) is 21.0. The largest absolute Gasteiger partial charge is 0.466 e. The molecule has 0 aliphatic carbocycles. The number of carbonyl (C=O) groups is 1. The van der Waals surface area contributed by atoms with Crippen molar-refractivity contribution >= 4 is 5.97 Å². The van der Waals surface area contributed by atoms with E-state index >= 15 is 0 Å². The Labute approximate surface area is 176 Å². The van der Waals surface area contributed by atoms with Crippen molar-refractivity contribution < 1.29 is 23.2 Å². The van der Waals surface area contributed by atoms with Gasteiger partial charge in [-0.05, 0) is 57.3 Å². The van der Waals surface area contributed by atoms with Crippen LogP contribution in [0.1, 0.15) is 31.9 Å². The maximum Gasteiger partial charge on any atom is 0.312 e. The lowest BCUT2D eigenvalue weighted by Crippen LogP contribution is -2.47. The van der Waals surface area contributed by atoms with E-state index < -0.39 is 5.41 Å². The number of ether oxygens (including phenoxy) is 2. The monoisotopic (exact) mass is 416 g/mol. The molecule has 7 heteroatoms. The van der Waals surface area contributed by atoms with Gasteiger partial charge in [-0.2, -0.15) is 0 Å². The minimum Gasteiger partial charge on any atom is -0.466 e. The van der Waals surface area contributed by atoms with Gasteiger partial charge in [0.1, 0.15) is 17.3 Å². The first-order valence-electron chi connectivity index (χ1n) is 10.8. The van der Waals surface area contributed by atoms with E-state index in [9.17, 15) is 9.18 Å². The van der Waals surface area contributed by atoms with Crippen LogP contribution in [0.5, 0.6) is 0 Å². The number of likely N-dealkylation sites (tertiary alicyclic amines) is 1. The summed E-state index contributed by atoms with van der Waals surface area (Å²) in [5, 5.41) is 4.04. The van der Waals surface area contributed by atoms with Crippen LogP contribution in [0.3, 0.4) is 0 Å². The van der Waals surface area contributed by atoms with Gasteiger partial charge in [-0.1, -0.05) is 17.3 Å². The molecule has 0 N–H and O–H groups in total. The first-order valence-corrected chi connectivity index (χ1v) is 10.8. The average molecular weight is 416 g/mol. The lowest BCUT2D eigenvalue weighted by molar-refractivity contribution is -0.159. The zero-order valence-electron chi connectivity index (χ0n) is 17.4. The maximum atomic E-state index is 14.1. The van der Waals surface area contributed by atoms with Crippen LogP contribution in [0, 0.1) is 17.2 Å². The number of benzene rings is 1. The smallest absolute Gasteiger partial charge is 0.312 e. The maximum absolute atomic E-state index is 14.1. The van der Waals surface area contributed by atoms with Crippen LogP contribution in [0.15, 0.2) is 34.9 Å². The highest BCUT2D eigenvalue weighted by atomic mass is 19.1. The summed E-state index contributed by atoms with van der Waals surface area (Å²) in [6.07, 6.45) is 2.92. The molecule has 3 heterocycles.